The fraction of sp³-hybridized carbons (Fsp3) is 0.733. The number of carbonyl (C=O) groups is 1. The second-order valence-corrected chi connectivity index (χ2v) is 6.72. The third kappa shape index (κ3) is 4.74. The first-order valence-corrected chi connectivity index (χ1v) is 8.82. The number of carbonyl (C=O) groups excluding carboxylic acids is 1. The normalized spacial score (nSPS) is 23.7. The van der Waals surface area contributed by atoms with Gasteiger partial charge >= 0.3 is 0 Å². The van der Waals surface area contributed by atoms with Gasteiger partial charge in [0.05, 0.1) is 25.4 Å². The molecule has 1 aromatic heterocycles. The number of likely N-dealkylation sites (tertiary alicyclic amines) is 1. The van der Waals surface area contributed by atoms with E-state index in [2.05, 4.69) is 15.2 Å². The largest absolute Gasteiger partial charge is 0.376 e. The Hall–Kier alpha value is -1.02. The van der Waals surface area contributed by atoms with E-state index in [0.29, 0.717) is 23.9 Å². The maximum Gasteiger partial charge on any atom is 0.240 e. The standard InChI is InChI=1S/C15H23N3O3S/c19-14(17-15-16-5-9-22-15)10-18-6-3-12(4-7-18)21-11-13-2-1-8-20-13/h5,9,12-13H,1-4,6-8,10-11H2,(H,16,17,19)/t13-/m1/s1. The van der Waals surface area contributed by atoms with Gasteiger partial charge in [-0.3, -0.25) is 9.69 Å². The van der Waals surface area contributed by atoms with Crippen LogP contribution in [0.1, 0.15) is 25.7 Å². The number of thiazole rings is 1. The molecule has 1 N–H and O–H groups in total. The number of piperidine rings is 1. The Kier molecular flexibility index (Phi) is 5.77. The quantitative estimate of drug-likeness (QED) is 0.863. The van der Waals surface area contributed by atoms with Gasteiger partial charge in [-0.2, -0.15) is 0 Å². The van der Waals surface area contributed by atoms with Gasteiger partial charge in [0.25, 0.3) is 0 Å². The molecule has 7 heteroatoms. The van der Waals surface area contributed by atoms with Crippen LogP contribution in [0.2, 0.25) is 0 Å². The average molecular weight is 325 g/mol. The van der Waals surface area contributed by atoms with E-state index >= 15 is 0 Å². The first-order chi connectivity index (χ1) is 10.8. The molecule has 0 saturated carbocycles. The van der Waals surface area contributed by atoms with Crippen molar-refractivity contribution >= 4 is 22.4 Å². The number of aromatic nitrogens is 1. The van der Waals surface area contributed by atoms with E-state index in [4.69, 9.17) is 9.47 Å². The smallest absolute Gasteiger partial charge is 0.240 e. The third-order valence-corrected chi connectivity index (χ3v) is 4.81. The number of anilines is 1. The molecule has 0 radical (unpaired) electrons. The number of ether oxygens (including phenoxy) is 2. The van der Waals surface area contributed by atoms with Crippen molar-refractivity contribution in [1.29, 1.82) is 0 Å². The van der Waals surface area contributed by atoms with Crippen molar-refractivity contribution in [3.63, 3.8) is 0 Å². The minimum absolute atomic E-state index is 0.00803. The molecule has 6 nitrogen and oxygen atoms in total. The molecular weight excluding hydrogens is 302 g/mol. The highest BCUT2D eigenvalue weighted by Gasteiger charge is 2.23. The molecule has 3 rings (SSSR count). The Morgan fingerprint density at radius 2 is 2.32 bits per heavy atom. The lowest BCUT2D eigenvalue weighted by Gasteiger charge is -2.31. The summed E-state index contributed by atoms with van der Waals surface area (Å²) in [5, 5.41) is 5.34. The monoisotopic (exact) mass is 325 g/mol. The van der Waals surface area contributed by atoms with Gasteiger partial charge < -0.3 is 14.8 Å². The summed E-state index contributed by atoms with van der Waals surface area (Å²) in [6.07, 6.45) is 6.53. The molecule has 2 fully saturated rings. The summed E-state index contributed by atoms with van der Waals surface area (Å²) in [7, 11) is 0. The van der Waals surface area contributed by atoms with Gasteiger partial charge in [0.1, 0.15) is 0 Å². The minimum atomic E-state index is 0.00803. The summed E-state index contributed by atoms with van der Waals surface area (Å²) in [6, 6.07) is 0. The van der Waals surface area contributed by atoms with Crippen LogP contribution < -0.4 is 5.32 Å². The minimum Gasteiger partial charge on any atom is -0.376 e. The molecule has 22 heavy (non-hydrogen) atoms. The number of hydrogen-bond donors (Lipinski definition) is 1. The summed E-state index contributed by atoms with van der Waals surface area (Å²) in [6.45, 7) is 3.83. The molecule has 1 aromatic rings. The zero-order valence-corrected chi connectivity index (χ0v) is 13.5. The van der Waals surface area contributed by atoms with Crippen molar-refractivity contribution < 1.29 is 14.3 Å². The lowest BCUT2D eigenvalue weighted by Crippen LogP contribution is -2.41. The van der Waals surface area contributed by atoms with E-state index in [0.717, 1.165) is 52.0 Å². The fourth-order valence-electron chi connectivity index (χ4n) is 2.90. The molecule has 1 amide bonds. The van der Waals surface area contributed by atoms with Gasteiger partial charge in [-0.25, -0.2) is 4.98 Å². The molecule has 2 aliphatic heterocycles. The molecule has 0 aliphatic carbocycles. The zero-order chi connectivity index (χ0) is 15.2. The van der Waals surface area contributed by atoms with Gasteiger partial charge in [-0.1, -0.05) is 0 Å². The van der Waals surface area contributed by atoms with Crippen molar-refractivity contribution in [3.8, 4) is 0 Å². The predicted molar refractivity (Wildman–Crippen MR) is 85.1 cm³/mol. The number of nitrogens with zero attached hydrogens (tertiary/aromatic N) is 2. The van der Waals surface area contributed by atoms with Crippen LogP contribution in [0, 0.1) is 0 Å². The number of nitrogens with one attached hydrogen (secondary N) is 1. The van der Waals surface area contributed by atoms with E-state index in [-0.39, 0.29) is 5.91 Å². The Labute approximate surface area is 134 Å². The van der Waals surface area contributed by atoms with E-state index < -0.39 is 0 Å². The second kappa shape index (κ2) is 8.01. The maximum absolute atomic E-state index is 11.9. The Morgan fingerprint density at radius 1 is 1.45 bits per heavy atom. The van der Waals surface area contributed by atoms with Crippen LogP contribution in [0.5, 0.6) is 0 Å². The molecule has 0 aromatic carbocycles. The number of hydrogen-bond acceptors (Lipinski definition) is 6. The van der Waals surface area contributed by atoms with E-state index in [1.165, 1.54) is 11.3 Å². The van der Waals surface area contributed by atoms with Crippen molar-refractivity contribution in [2.45, 2.75) is 37.9 Å². The fourth-order valence-corrected chi connectivity index (χ4v) is 3.45. The van der Waals surface area contributed by atoms with Crippen molar-refractivity contribution in [3.05, 3.63) is 11.6 Å². The predicted octanol–water partition coefficient (Wildman–Crippen LogP) is 1.74. The van der Waals surface area contributed by atoms with Crippen LogP contribution >= 0.6 is 11.3 Å². The molecule has 3 heterocycles. The van der Waals surface area contributed by atoms with Gasteiger partial charge in [0, 0.05) is 31.3 Å². The van der Waals surface area contributed by atoms with Gasteiger partial charge in [0.2, 0.25) is 5.91 Å². The van der Waals surface area contributed by atoms with Crippen LogP contribution in [0.15, 0.2) is 11.6 Å². The molecule has 0 bridgehead atoms. The summed E-state index contributed by atoms with van der Waals surface area (Å²) in [5.41, 5.74) is 0. The van der Waals surface area contributed by atoms with E-state index in [9.17, 15) is 4.79 Å². The average Bonchev–Trinajstić information content (AvgIpc) is 3.20. The van der Waals surface area contributed by atoms with Gasteiger partial charge in [-0.05, 0) is 25.7 Å². The second-order valence-electron chi connectivity index (χ2n) is 5.83. The zero-order valence-electron chi connectivity index (χ0n) is 12.7. The number of rotatable bonds is 6. The highest BCUT2D eigenvalue weighted by atomic mass is 32.1. The van der Waals surface area contributed by atoms with Crippen LogP contribution in [0.3, 0.4) is 0 Å². The van der Waals surface area contributed by atoms with Crippen LogP contribution in [0.4, 0.5) is 5.13 Å². The van der Waals surface area contributed by atoms with Crippen molar-refractivity contribution in [2.75, 3.05) is 38.2 Å². The van der Waals surface area contributed by atoms with Crippen molar-refractivity contribution in [1.82, 2.24) is 9.88 Å². The summed E-state index contributed by atoms with van der Waals surface area (Å²) < 4.78 is 11.5. The van der Waals surface area contributed by atoms with Crippen LogP contribution in [-0.4, -0.2) is 60.8 Å². The van der Waals surface area contributed by atoms with Crippen LogP contribution in [-0.2, 0) is 14.3 Å². The van der Waals surface area contributed by atoms with E-state index in [1.54, 1.807) is 6.20 Å². The molecule has 0 unspecified atom stereocenters. The lowest BCUT2D eigenvalue weighted by atomic mass is 10.1. The maximum atomic E-state index is 11.9. The Morgan fingerprint density at radius 3 is 3.00 bits per heavy atom. The van der Waals surface area contributed by atoms with Crippen molar-refractivity contribution in [2.24, 2.45) is 0 Å². The van der Waals surface area contributed by atoms with Gasteiger partial charge in [0.15, 0.2) is 5.13 Å². The molecule has 0 spiro atoms. The molecule has 2 aliphatic rings. The topological polar surface area (TPSA) is 63.7 Å². The molecule has 2 saturated heterocycles. The Balaban J connectivity index is 1.32. The lowest BCUT2D eigenvalue weighted by molar-refractivity contribution is -0.118. The highest BCUT2D eigenvalue weighted by Crippen LogP contribution is 2.18. The number of amides is 1. The molecule has 122 valence electrons. The van der Waals surface area contributed by atoms with Gasteiger partial charge in [-0.15, -0.1) is 11.3 Å². The highest BCUT2D eigenvalue weighted by molar-refractivity contribution is 7.13. The Bertz CT molecular complexity index is 455. The van der Waals surface area contributed by atoms with E-state index in [1.807, 2.05) is 5.38 Å². The first-order valence-electron chi connectivity index (χ1n) is 7.94. The molecule has 1 atom stereocenters. The third-order valence-electron chi connectivity index (χ3n) is 4.12. The summed E-state index contributed by atoms with van der Waals surface area (Å²) in [5.74, 6) is 0.00803. The van der Waals surface area contributed by atoms with Crippen LogP contribution in [0.25, 0.3) is 0 Å². The molecular formula is C15H23N3O3S. The summed E-state index contributed by atoms with van der Waals surface area (Å²) in [4.78, 5) is 18.2. The first kappa shape index (κ1) is 15.9. The SMILES string of the molecule is O=C(CN1CCC(OC[C@H]2CCCO2)CC1)Nc1nccs1. The summed E-state index contributed by atoms with van der Waals surface area (Å²) >= 11 is 1.44.